The average molecular weight is 263 g/mol. The van der Waals surface area contributed by atoms with E-state index in [-0.39, 0.29) is 18.7 Å². The third-order valence-electron chi connectivity index (χ3n) is 2.27. The van der Waals surface area contributed by atoms with Crippen molar-refractivity contribution in [3.05, 3.63) is 35.6 Å². The topological polar surface area (TPSA) is 41.5 Å². The van der Waals surface area contributed by atoms with Crippen LogP contribution in [-0.4, -0.2) is 37.8 Å². The minimum absolute atomic E-state index is 0.119. The number of benzene rings is 1. The molecule has 1 aromatic rings. The summed E-state index contributed by atoms with van der Waals surface area (Å²) in [6, 6.07) is 5.93. The van der Waals surface area contributed by atoms with E-state index in [4.69, 9.17) is 0 Å². The predicted molar refractivity (Wildman–Crippen MR) is 61.1 cm³/mol. The summed E-state index contributed by atoms with van der Waals surface area (Å²) >= 11 is 0. The number of nitrogens with one attached hydrogen (secondary N) is 1. The van der Waals surface area contributed by atoms with Crippen molar-refractivity contribution in [1.82, 2.24) is 5.32 Å². The van der Waals surface area contributed by atoms with Gasteiger partial charge >= 0.3 is 0 Å². The van der Waals surface area contributed by atoms with E-state index in [0.29, 0.717) is 6.54 Å². The highest BCUT2D eigenvalue weighted by Crippen LogP contribution is 2.15. The van der Waals surface area contributed by atoms with Crippen molar-refractivity contribution in [3.8, 4) is 0 Å². The Morgan fingerprint density at radius 2 is 2.00 bits per heavy atom. The molecule has 2 N–H and O–H groups in total. The minimum Gasteiger partial charge on any atom is -0.387 e. The monoisotopic (exact) mass is 263 g/mol. The first-order valence-corrected chi connectivity index (χ1v) is 5.60. The van der Waals surface area contributed by atoms with E-state index in [1.54, 1.807) is 6.07 Å². The molecule has 0 aliphatic rings. The summed E-state index contributed by atoms with van der Waals surface area (Å²) in [6.07, 6.45) is -3.45. The van der Waals surface area contributed by atoms with Gasteiger partial charge in [0.1, 0.15) is 12.4 Å². The van der Waals surface area contributed by atoms with Gasteiger partial charge in [-0.25, -0.2) is 13.2 Å². The van der Waals surface area contributed by atoms with Gasteiger partial charge in [0.15, 0.2) is 0 Å². The summed E-state index contributed by atoms with van der Waals surface area (Å²) in [5.41, 5.74) is 0.207. The van der Waals surface area contributed by atoms with Crippen molar-refractivity contribution in [2.75, 3.05) is 26.3 Å². The van der Waals surface area contributed by atoms with Crippen molar-refractivity contribution in [1.29, 1.82) is 0 Å². The number of alkyl halides is 2. The lowest BCUT2D eigenvalue weighted by Gasteiger charge is -2.13. The van der Waals surface area contributed by atoms with Crippen molar-refractivity contribution in [2.24, 2.45) is 0 Å². The van der Waals surface area contributed by atoms with E-state index >= 15 is 0 Å². The molecule has 6 heteroatoms. The van der Waals surface area contributed by atoms with E-state index in [1.165, 1.54) is 18.2 Å². The molecular weight excluding hydrogens is 247 g/mol. The van der Waals surface area contributed by atoms with Gasteiger partial charge < -0.3 is 15.2 Å². The second-order valence-electron chi connectivity index (χ2n) is 3.71. The summed E-state index contributed by atoms with van der Waals surface area (Å²) in [4.78, 5) is 0. The largest absolute Gasteiger partial charge is 0.387 e. The molecule has 0 aliphatic carbocycles. The summed E-state index contributed by atoms with van der Waals surface area (Å²) in [5.74, 6) is -0.472. The zero-order valence-corrected chi connectivity index (χ0v) is 9.78. The third-order valence-corrected chi connectivity index (χ3v) is 2.27. The summed E-state index contributed by atoms with van der Waals surface area (Å²) < 4.78 is 41.3. The Balaban J connectivity index is 2.18. The standard InChI is InChI=1S/C12H16F3NO2/c13-10-4-2-1-3-9(10)11(17)7-16-5-6-18-8-12(14)15/h1-4,11-12,16-17H,5-8H2. The van der Waals surface area contributed by atoms with Crippen molar-refractivity contribution >= 4 is 0 Å². The molecule has 0 bridgehead atoms. The van der Waals surface area contributed by atoms with E-state index in [1.807, 2.05) is 0 Å². The molecule has 0 saturated heterocycles. The van der Waals surface area contributed by atoms with Crippen molar-refractivity contribution in [2.45, 2.75) is 12.5 Å². The molecule has 0 heterocycles. The first-order valence-electron chi connectivity index (χ1n) is 5.60. The lowest BCUT2D eigenvalue weighted by Crippen LogP contribution is -2.26. The molecule has 3 nitrogen and oxygen atoms in total. The van der Waals surface area contributed by atoms with E-state index < -0.39 is 25.0 Å². The molecular formula is C12H16F3NO2. The van der Waals surface area contributed by atoms with Crippen LogP contribution in [0.25, 0.3) is 0 Å². The lowest BCUT2D eigenvalue weighted by molar-refractivity contribution is 0.0181. The molecule has 1 aromatic carbocycles. The minimum atomic E-state index is -2.48. The molecule has 0 aromatic heterocycles. The molecule has 0 spiro atoms. The quantitative estimate of drug-likeness (QED) is 0.702. The van der Waals surface area contributed by atoms with Gasteiger partial charge in [-0.15, -0.1) is 0 Å². The summed E-state index contributed by atoms with van der Waals surface area (Å²) in [7, 11) is 0. The first kappa shape index (κ1) is 14.9. The van der Waals surface area contributed by atoms with Crippen LogP contribution in [0.1, 0.15) is 11.7 Å². The molecule has 1 atom stereocenters. The normalized spacial score (nSPS) is 12.9. The van der Waals surface area contributed by atoms with Gasteiger partial charge in [0.2, 0.25) is 0 Å². The maximum atomic E-state index is 13.3. The molecule has 102 valence electrons. The van der Waals surface area contributed by atoms with Gasteiger partial charge in [-0.2, -0.15) is 0 Å². The maximum absolute atomic E-state index is 13.3. The van der Waals surface area contributed by atoms with Gasteiger partial charge in [-0.05, 0) is 6.07 Å². The lowest BCUT2D eigenvalue weighted by atomic mass is 10.1. The van der Waals surface area contributed by atoms with Crippen LogP contribution in [-0.2, 0) is 4.74 Å². The van der Waals surface area contributed by atoms with Gasteiger partial charge in [0.25, 0.3) is 6.43 Å². The van der Waals surface area contributed by atoms with Crippen LogP contribution in [0.15, 0.2) is 24.3 Å². The third kappa shape index (κ3) is 5.48. The van der Waals surface area contributed by atoms with Gasteiger partial charge in [0.05, 0.1) is 12.7 Å². The van der Waals surface area contributed by atoms with Crippen LogP contribution in [0.2, 0.25) is 0 Å². The Morgan fingerprint density at radius 1 is 1.28 bits per heavy atom. The summed E-state index contributed by atoms with van der Waals surface area (Å²) in [6.45, 7) is -0.0247. The number of ether oxygens (including phenoxy) is 1. The molecule has 0 aliphatic heterocycles. The van der Waals surface area contributed by atoms with Crippen LogP contribution >= 0.6 is 0 Å². The molecule has 1 rings (SSSR count). The molecule has 0 fully saturated rings. The number of aliphatic hydroxyl groups is 1. The molecule has 1 unspecified atom stereocenters. The molecule has 0 amide bonds. The van der Waals surface area contributed by atoms with Crippen LogP contribution in [0.5, 0.6) is 0 Å². The fourth-order valence-electron chi connectivity index (χ4n) is 1.41. The second kappa shape index (κ2) is 8.07. The Bertz CT molecular complexity index is 350. The Labute approximate surface area is 104 Å². The molecule has 0 saturated carbocycles. The Morgan fingerprint density at radius 3 is 2.67 bits per heavy atom. The Kier molecular flexibility index (Phi) is 6.70. The van der Waals surface area contributed by atoms with Crippen LogP contribution in [0.4, 0.5) is 13.2 Å². The van der Waals surface area contributed by atoms with Crippen LogP contribution < -0.4 is 5.32 Å². The number of rotatable bonds is 8. The fraction of sp³-hybridized carbons (Fsp3) is 0.500. The number of aliphatic hydroxyl groups excluding tert-OH is 1. The highest BCUT2D eigenvalue weighted by Gasteiger charge is 2.11. The van der Waals surface area contributed by atoms with Gasteiger partial charge in [-0.3, -0.25) is 0 Å². The zero-order chi connectivity index (χ0) is 13.4. The smallest absolute Gasteiger partial charge is 0.261 e. The number of halogens is 3. The SMILES string of the molecule is OC(CNCCOCC(F)F)c1ccccc1F. The zero-order valence-electron chi connectivity index (χ0n) is 9.78. The second-order valence-corrected chi connectivity index (χ2v) is 3.71. The maximum Gasteiger partial charge on any atom is 0.261 e. The van der Waals surface area contributed by atoms with E-state index in [9.17, 15) is 18.3 Å². The van der Waals surface area contributed by atoms with E-state index in [2.05, 4.69) is 10.1 Å². The molecule has 18 heavy (non-hydrogen) atoms. The van der Waals surface area contributed by atoms with Crippen LogP contribution in [0, 0.1) is 5.82 Å². The fourth-order valence-corrected chi connectivity index (χ4v) is 1.41. The van der Waals surface area contributed by atoms with E-state index in [0.717, 1.165) is 0 Å². The average Bonchev–Trinajstić information content (AvgIpc) is 2.33. The predicted octanol–water partition coefficient (Wildman–Crippen LogP) is 1.73. The summed E-state index contributed by atoms with van der Waals surface area (Å²) in [5, 5.41) is 12.5. The highest BCUT2D eigenvalue weighted by molar-refractivity contribution is 5.19. The van der Waals surface area contributed by atoms with Gasteiger partial charge in [0, 0.05) is 18.7 Å². The number of hydrogen-bond acceptors (Lipinski definition) is 3. The van der Waals surface area contributed by atoms with Crippen molar-refractivity contribution in [3.63, 3.8) is 0 Å². The van der Waals surface area contributed by atoms with Crippen molar-refractivity contribution < 1.29 is 23.0 Å². The van der Waals surface area contributed by atoms with Gasteiger partial charge in [-0.1, -0.05) is 18.2 Å². The highest BCUT2D eigenvalue weighted by atomic mass is 19.3. The first-order chi connectivity index (χ1) is 8.61. The molecule has 0 radical (unpaired) electrons. The Hall–Kier alpha value is -1.11. The van der Waals surface area contributed by atoms with Crippen LogP contribution in [0.3, 0.4) is 0 Å². The number of hydrogen-bond donors (Lipinski definition) is 2.